The summed E-state index contributed by atoms with van der Waals surface area (Å²) in [6, 6.07) is -0.834. The fourth-order valence-electron chi connectivity index (χ4n) is 2.92. The molecule has 1 aliphatic carbocycles. The monoisotopic (exact) mass is 357 g/mol. The number of hydrogen-bond donors (Lipinski definition) is 2. The number of aliphatic carboxylic acids is 1. The normalized spacial score (nSPS) is 23.2. The Hall–Kier alpha value is -1.63. The van der Waals surface area contributed by atoms with Gasteiger partial charge in [-0.25, -0.2) is 0 Å². The third-order valence-electron chi connectivity index (χ3n) is 4.50. The second-order valence-electron chi connectivity index (χ2n) is 7.61. The van der Waals surface area contributed by atoms with Crippen LogP contribution in [0.25, 0.3) is 0 Å². The Labute approximate surface area is 149 Å². The van der Waals surface area contributed by atoms with E-state index in [9.17, 15) is 14.4 Å². The fraction of sp³-hybridized carbons (Fsp3) is 0.833. The van der Waals surface area contributed by atoms with Crippen LogP contribution in [0.4, 0.5) is 0 Å². The average Bonchev–Trinajstić information content (AvgIpc) is 2.52. The van der Waals surface area contributed by atoms with E-state index in [2.05, 4.69) is 0 Å². The highest BCUT2D eigenvalue weighted by Gasteiger charge is 2.34. The molecule has 7 nitrogen and oxygen atoms in total. The SMILES string of the molecule is CC(C)CC(=O)OC(OC(=O)C(N)C1CCC(C(=O)O)CC1)C(C)C. The van der Waals surface area contributed by atoms with Gasteiger partial charge >= 0.3 is 17.9 Å². The van der Waals surface area contributed by atoms with Crippen LogP contribution in [-0.4, -0.2) is 35.3 Å². The molecule has 0 saturated heterocycles. The van der Waals surface area contributed by atoms with Crippen molar-refractivity contribution in [2.75, 3.05) is 0 Å². The van der Waals surface area contributed by atoms with Crippen molar-refractivity contribution in [3.63, 3.8) is 0 Å². The lowest BCUT2D eigenvalue weighted by atomic mass is 9.79. The lowest BCUT2D eigenvalue weighted by Gasteiger charge is -2.30. The summed E-state index contributed by atoms with van der Waals surface area (Å²) in [6.07, 6.45) is 1.47. The van der Waals surface area contributed by atoms with E-state index in [1.54, 1.807) is 13.8 Å². The van der Waals surface area contributed by atoms with Crippen molar-refractivity contribution >= 4 is 17.9 Å². The fourth-order valence-corrected chi connectivity index (χ4v) is 2.92. The molecule has 1 rings (SSSR count). The Morgan fingerprint density at radius 1 is 1.04 bits per heavy atom. The summed E-state index contributed by atoms with van der Waals surface area (Å²) in [6.45, 7) is 7.40. The van der Waals surface area contributed by atoms with Crippen molar-refractivity contribution in [1.29, 1.82) is 0 Å². The van der Waals surface area contributed by atoms with Gasteiger partial charge < -0.3 is 20.3 Å². The summed E-state index contributed by atoms with van der Waals surface area (Å²) in [5, 5.41) is 9.03. The summed E-state index contributed by atoms with van der Waals surface area (Å²) in [4.78, 5) is 35.1. The molecule has 0 amide bonds. The van der Waals surface area contributed by atoms with E-state index in [-0.39, 0.29) is 30.1 Å². The third kappa shape index (κ3) is 7.02. The zero-order valence-corrected chi connectivity index (χ0v) is 15.6. The molecule has 0 spiro atoms. The largest absolute Gasteiger partial charge is 0.481 e. The van der Waals surface area contributed by atoms with Crippen LogP contribution in [0.15, 0.2) is 0 Å². The van der Waals surface area contributed by atoms with Crippen molar-refractivity contribution in [3.05, 3.63) is 0 Å². The van der Waals surface area contributed by atoms with Gasteiger partial charge in [0.1, 0.15) is 6.04 Å². The van der Waals surface area contributed by atoms with E-state index < -0.39 is 30.2 Å². The lowest BCUT2D eigenvalue weighted by Crippen LogP contribution is -2.44. The van der Waals surface area contributed by atoms with E-state index in [0.29, 0.717) is 25.7 Å². The smallest absolute Gasteiger partial charge is 0.326 e. The minimum Gasteiger partial charge on any atom is -0.481 e. The molecular weight excluding hydrogens is 326 g/mol. The number of carboxylic acid groups (broad SMARTS) is 1. The first kappa shape index (κ1) is 21.4. The Bertz CT molecular complexity index is 468. The molecule has 0 bridgehead atoms. The predicted molar refractivity (Wildman–Crippen MR) is 91.3 cm³/mol. The van der Waals surface area contributed by atoms with Crippen LogP contribution in [0.2, 0.25) is 0 Å². The lowest BCUT2D eigenvalue weighted by molar-refractivity contribution is -0.198. The Morgan fingerprint density at radius 2 is 1.60 bits per heavy atom. The Kier molecular flexibility index (Phi) is 8.35. The molecule has 0 aliphatic heterocycles. The van der Waals surface area contributed by atoms with Crippen LogP contribution in [0, 0.1) is 23.7 Å². The van der Waals surface area contributed by atoms with E-state index in [4.69, 9.17) is 20.3 Å². The van der Waals surface area contributed by atoms with Crippen LogP contribution in [-0.2, 0) is 23.9 Å². The number of carbonyl (C=O) groups excluding carboxylic acids is 2. The average molecular weight is 357 g/mol. The minimum atomic E-state index is -0.958. The van der Waals surface area contributed by atoms with Crippen molar-refractivity contribution in [3.8, 4) is 0 Å². The van der Waals surface area contributed by atoms with Gasteiger partial charge in [0.15, 0.2) is 0 Å². The number of carbonyl (C=O) groups is 3. The summed E-state index contributed by atoms with van der Waals surface area (Å²) >= 11 is 0. The molecule has 1 fully saturated rings. The van der Waals surface area contributed by atoms with E-state index in [1.165, 1.54) is 0 Å². The molecule has 0 radical (unpaired) electrons. The zero-order chi connectivity index (χ0) is 19.1. The predicted octanol–water partition coefficient (Wildman–Crippen LogP) is 2.32. The summed E-state index contributed by atoms with van der Waals surface area (Å²) in [5.74, 6) is -2.31. The topological polar surface area (TPSA) is 116 Å². The standard InChI is InChI=1S/C18H31NO6/c1-10(2)9-14(20)24-18(11(3)4)25-17(23)15(19)12-5-7-13(8-6-12)16(21)22/h10-13,15,18H,5-9,19H2,1-4H3,(H,21,22). The highest BCUT2D eigenvalue weighted by atomic mass is 16.7. The molecule has 1 saturated carbocycles. The molecule has 1 aliphatic rings. The van der Waals surface area contributed by atoms with Gasteiger partial charge in [0.25, 0.3) is 0 Å². The Morgan fingerprint density at radius 3 is 2.04 bits per heavy atom. The molecule has 7 heteroatoms. The first-order chi connectivity index (χ1) is 11.6. The molecule has 144 valence electrons. The van der Waals surface area contributed by atoms with Crippen LogP contribution >= 0.6 is 0 Å². The maximum Gasteiger partial charge on any atom is 0.326 e. The minimum absolute atomic E-state index is 0.109. The second kappa shape index (κ2) is 9.75. The van der Waals surface area contributed by atoms with Crippen molar-refractivity contribution in [2.24, 2.45) is 29.4 Å². The van der Waals surface area contributed by atoms with Gasteiger partial charge in [-0.1, -0.05) is 27.7 Å². The molecule has 0 aromatic rings. The third-order valence-corrected chi connectivity index (χ3v) is 4.50. The quantitative estimate of drug-likeness (QED) is 0.506. The van der Waals surface area contributed by atoms with Gasteiger partial charge in [-0.05, 0) is 37.5 Å². The van der Waals surface area contributed by atoms with Crippen LogP contribution in [0.3, 0.4) is 0 Å². The van der Waals surface area contributed by atoms with Crippen LogP contribution in [0.5, 0.6) is 0 Å². The molecule has 3 N–H and O–H groups in total. The van der Waals surface area contributed by atoms with Gasteiger partial charge in [-0.3, -0.25) is 14.4 Å². The van der Waals surface area contributed by atoms with E-state index >= 15 is 0 Å². The maximum atomic E-state index is 12.3. The van der Waals surface area contributed by atoms with E-state index in [0.717, 1.165) is 0 Å². The first-order valence-electron chi connectivity index (χ1n) is 9.00. The van der Waals surface area contributed by atoms with Gasteiger partial charge in [0, 0.05) is 12.3 Å². The summed E-state index contributed by atoms with van der Waals surface area (Å²) < 4.78 is 10.6. The number of hydrogen-bond acceptors (Lipinski definition) is 6. The first-order valence-corrected chi connectivity index (χ1v) is 9.00. The number of rotatable bonds is 8. The molecule has 2 atom stereocenters. The van der Waals surface area contributed by atoms with Crippen molar-refractivity contribution in [1.82, 2.24) is 0 Å². The van der Waals surface area contributed by atoms with Gasteiger partial charge in [-0.15, -0.1) is 0 Å². The van der Waals surface area contributed by atoms with Crippen molar-refractivity contribution in [2.45, 2.75) is 72.1 Å². The Balaban J connectivity index is 2.56. The number of esters is 2. The number of ether oxygens (including phenoxy) is 2. The molecule has 2 unspecified atom stereocenters. The highest BCUT2D eigenvalue weighted by molar-refractivity contribution is 5.76. The van der Waals surface area contributed by atoms with Gasteiger partial charge in [-0.2, -0.15) is 0 Å². The van der Waals surface area contributed by atoms with Crippen molar-refractivity contribution < 1.29 is 29.0 Å². The molecule has 0 aromatic heterocycles. The van der Waals surface area contributed by atoms with E-state index in [1.807, 2.05) is 13.8 Å². The summed E-state index contributed by atoms with van der Waals surface area (Å²) in [5.41, 5.74) is 6.01. The molecular formula is C18H31NO6. The van der Waals surface area contributed by atoms with Crippen LogP contribution in [0.1, 0.15) is 59.8 Å². The van der Waals surface area contributed by atoms with Crippen LogP contribution < -0.4 is 5.73 Å². The molecule has 0 aromatic carbocycles. The highest BCUT2D eigenvalue weighted by Crippen LogP contribution is 2.31. The van der Waals surface area contributed by atoms with Gasteiger partial charge in [0.05, 0.1) is 5.92 Å². The summed E-state index contributed by atoms with van der Waals surface area (Å²) in [7, 11) is 0. The molecule has 25 heavy (non-hydrogen) atoms. The van der Waals surface area contributed by atoms with Gasteiger partial charge in [0.2, 0.25) is 6.29 Å². The number of carboxylic acids is 1. The second-order valence-corrected chi connectivity index (χ2v) is 7.61. The molecule has 0 heterocycles. The zero-order valence-electron chi connectivity index (χ0n) is 15.6. The number of nitrogens with two attached hydrogens (primary N) is 1. The maximum absolute atomic E-state index is 12.3.